The molecular formula is C19H20F2N2O4S. The van der Waals surface area contributed by atoms with Gasteiger partial charge < -0.3 is 9.64 Å². The lowest BCUT2D eigenvalue weighted by molar-refractivity contribution is -0.132. The minimum Gasteiger partial charge on any atom is -0.493 e. The van der Waals surface area contributed by atoms with E-state index in [-0.39, 0.29) is 45.1 Å². The van der Waals surface area contributed by atoms with Crippen LogP contribution in [-0.2, 0) is 14.8 Å². The lowest BCUT2D eigenvalue weighted by atomic mass is 10.3. The average Bonchev–Trinajstić information content (AvgIpc) is 2.68. The first-order valence-corrected chi connectivity index (χ1v) is 10.2. The van der Waals surface area contributed by atoms with Gasteiger partial charge in [-0.2, -0.15) is 4.31 Å². The molecule has 0 unspecified atom stereocenters. The molecule has 0 bridgehead atoms. The first kappa shape index (κ1) is 20.2. The van der Waals surface area contributed by atoms with Gasteiger partial charge >= 0.3 is 0 Å². The third-order valence-electron chi connectivity index (χ3n) is 4.44. The molecular weight excluding hydrogens is 390 g/mol. The van der Waals surface area contributed by atoms with Crippen molar-refractivity contribution < 1.29 is 26.7 Å². The fourth-order valence-electron chi connectivity index (χ4n) is 2.97. The van der Waals surface area contributed by atoms with Crippen molar-refractivity contribution in [3.8, 4) is 5.75 Å². The second-order valence-corrected chi connectivity index (χ2v) is 8.12. The van der Waals surface area contributed by atoms with Gasteiger partial charge in [-0.1, -0.05) is 24.3 Å². The van der Waals surface area contributed by atoms with E-state index in [0.717, 1.165) is 22.5 Å². The number of piperazine rings is 1. The van der Waals surface area contributed by atoms with Crippen molar-refractivity contribution in [2.45, 2.75) is 11.3 Å². The molecule has 1 saturated heterocycles. The van der Waals surface area contributed by atoms with Crippen LogP contribution < -0.4 is 4.74 Å². The number of benzene rings is 2. The number of ether oxygens (including phenoxy) is 1. The Morgan fingerprint density at radius 1 is 0.929 bits per heavy atom. The standard InChI is InChI=1S/C19H20F2N2O4S/c20-16-7-4-8-17(21)19(16)28(25,26)23-12-10-22(11-13-23)18(24)9-14-27-15-5-2-1-3-6-15/h1-8H,9-14H2. The van der Waals surface area contributed by atoms with Gasteiger partial charge in [0.2, 0.25) is 15.9 Å². The Kier molecular flexibility index (Phi) is 6.25. The van der Waals surface area contributed by atoms with E-state index in [4.69, 9.17) is 4.74 Å². The predicted octanol–water partition coefficient (Wildman–Crippen LogP) is 2.27. The van der Waals surface area contributed by atoms with Crippen molar-refractivity contribution in [3.05, 3.63) is 60.2 Å². The van der Waals surface area contributed by atoms with Crippen LogP contribution in [0.5, 0.6) is 5.75 Å². The van der Waals surface area contributed by atoms with Crippen LogP contribution in [-0.4, -0.2) is 56.3 Å². The molecule has 1 aliphatic rings. The summed E-state index contributed by atoms with van der Waals surface area (Å²) in [6.45, 7) is 0.462. The quantitative estimate of drug-likeness (QED) is 0.733. The maximum Gasteiger partial charge on any atom is 0.249 e. The summed E-state index contributed by atoms with van der Waals surface area (Å²) in [5.74, 6) is -1.75. The maximum absolute atomic E-state index is 13.9. The molecule has 0 aromatic heterocycles. The number of sulfonamides is 1. The van der Waals surface area contributed by atoms with Gasteiger partial charge in [0.05, 0.1) is 13.0 Å². The molecule has 150 valence electrons. The van der Waals surface area contributed by atoms with Gasteiger partial charge in [0.1, 0.15) is 17.4 Å². The third kappa shape index (κ3) is 4.48. The van der Waals surface area contributed by atoms with Gasteiger partial charge in [-0.25, -0.2) is 17.2 Å². The third-order valence-corrected chi connectivity index (χ3v) is 6.39. The fraction of sp³-hybridized carbons (Fsp3) is 0.316. The van der Waals surface area contributed by atoms with Gasteiger partial charge in [-0.05, 0) is 24.3 Å². The second kappa shape index (κ2) is 8.66. The average molecular weight is 410 g/mol. The molecule has 2 aromatic carbocycles. The topological polar surface area (TPSA) is 66.9 Å². The van der Waals surface area contributed by atoms with Crippen molar-refractivity contribution in [1.82, 2.24) is 9.21 Å². The Labute approximate surface area is 162 Å². The summed E-state index contributed by atoms with van der Waals surface area (Å²) in [6, 6.07) is 12.0. The number of carbonyl (C=O) groups excluding carboxylic acids is 1. The van der Waals surface area contributed by atoms with E-state index in [1.54, 1.807) is 12.1 Å². The first-order chi connectivity index (χ1) is 13.4. The van der Waals surface area contributed by atoms with E-state index >= 15 is 0 Å². The highest BCUT2D eigenvalue weighted by Gasteiger charge is 2.33. The number of para-hydroxylation sites is 1. The Hall–Kier alpha value is -2.52. The SMILES string of the molecule is O=C(CCOc1ccccc1)N1CCN(S(=O)(=O)c2c(F)cccc2F)CC1. The summed E-state index contributed by atoms with van der Waals surface area (Å²) < 4.78 is 59.3. The molecule has 1 fully saturated rings. The fourth-order valence-corrected chi connectivity index (χ4v) is 4.50. The Balaban J connectivity index is 1.54. The summed E-state index contributed by atoms with van der Waals surface area (Å²) >= 11 is 0. The molecule has 6 nitrogen and oxygen atoms in total. The number of hydrogen-bond donors (Lipinski definition) is 0. The van der Waals surface area contributed by atoms with Crippen LogP contribution in [0.25, 0.3) is 0 Å². The summed E-state index contributed by atoms with van der Waals surface area (Å²) in [6.07, 6.45) is 0.156. The normalized spacial score (nSPS) is 15.4. The smallest absolute Gasteiger partial charge is 0.249 e. The molecule has 1 amide bonds. The minimum absolute atomic E-state index is 0.0264. The highest BCUT2D eigenvalue weighted by molar-refractivity contribution is 7.89. The zero-order valence-electron chi connectivity index (χ0n) is 15.1. The summed E-state index contributed by atoms with van der Waals surface area (Å²) in [4.78, 5) is 12.9. The Morgan fingerprint density at radius 2 is 1.54 bits per heavy atom. The Bertz CT molecular complexity index is 910. The van der Waals surface area contributed by atoms with Crippen molar-refractivity contribution in [2.75, 3.05) is 32.8 Å². The summed E-state index contributed by atoms with van der Waals surface area (Å²) in [5.41, 5.74) is 0. The largest absolute Gasteiger partial charge is 0.493 e. The molecule has 9 heteroatoms. The van der Waals surface area contributed by atoms with Crippen LogP contribution in [0.4, 0.5) is 8.78 Å². The molecule has 2 aromatic rings. The molecule has 3 rings (SSSR count). The van der Waals surface area contributed by atoms with Crippen molar-refractivity contribution in [1.29, 1.82) is 0 Å². The predicted molar refractivity (Wildman–Crippen MR) is 98.3 cm³/mol. The van der Waals surface area contributed by atoms with Crippen LogP contribution in [0.3, 0.4) is 0 Å². The lowest BCUT2D eigenvalue weighted by Crippen LogP contribution is -2.50. The number of nitrogens with zero attached hydrogens (tertiary/aromatic N) is 2. The molecule has 0 spiro atoms. The molecule has 0 atom stereocenters. The molecule has 0 saturated carbocycles. The second-order valence-electron chi connectivity index (χ2n) is 6.25. The highest BCUT2D eigenvalue weighted by atomic mass is 32.2. The van der Waals surface area contributed by atoms with Gasteiger partial charge in [0.25, 0.3) is 0 Å². The van der Waals surface area contributed by atoms with Gasteiger partial charge in [-0.15, -0.1) is 0 Å². The van der Waals surface area contributed by atoms with Crippen LogP contribution >= 0.6 is 0 Å². The van der Waals surface area contributed by atoms with Crippen molar-refractivity contribution >= 4 is 15.9 Å². The van der Waals surface area contributed by atoms with Crippen LogP contribution in [0, 0.1) is 11.6 Å². The van der Waals surface area contributed by atoms with Crippen LogP contribution in [0.2, 0.25) is 0 Å². The molecule has 0 N–H and O–H groups in total. The number of rotatable bonds is 6. The first-order valence-electron chi connectivity index (χ1n) is 8.79. The molecule has 1 heterocycles. The van der Waals surface area contributed by atoms with Crippen LogP contribution in [0.1, 0.15) is 6.42 Å². The lowest BCUT2D eigenvalue weighted by Gasteiger charge is -2.34. The van der Waals surface area contributed by atoms with E-state index in [2.05, 4.69) is 0 Å². The Morgan fingerprint density at radius 3 is 2.14 bits per heavy atom. The number of carbonyl (C=O) groups is 1. The van der Waals surface area contributed by atoms with Crippen molar-refractivity contribution in [2.24, 2.45) is 0 Å². The number of hydrogen-bond acceptors (Lipinski definition) is 4. The molecule has 0 radical (unpaired) electrons. The van der Waals surface area contributed by atoms with Crippen LogP contribution in [0.15, 0.2) is 53.4 Å². The number of amides is 1. The zero-order chi connectivity index (χ0) is 20.1. The van der Waals surface area contributed by atoms with E-state index in [1.165, 1.54) is 4.90 Å². The zero-order valence-corrected chi connectivity index (χ0v) is 15.9. The van der Waals surface area contributed by atoms with E-state index < -0.39 is 26.6 Å². The van der Waals surface area contributed by atoms with Gasteiger partial charge in [0.15, 0.2) is 4.90 Å². The van der Waals surface area contributed by atoms with Gasteiger partial charge in [-0.3, -0.25) is 4.79 Å². The van der Waals surface area contributed by atoms with E-state index in [0.29, 0.717) is 5.75 Å². The molecule has 28 heavy (non-hydrogen) atoms. The highest BCUT2D eigenvalue weighted by Crippen LogP contribution is 2.23. The summed E-state index contributed by atoms with van der Waals surface area (Å²) in [5, 5.41) is 0. The monoisotopic (exact) mass is 410 g/mol. The summed E-state index contributed by atoms with van der Waals surface area (Å²) in [7, 11) is -4.30. The number of halogens is 2. The van der Waals surface area contributed by atoms with E-state index in [9.17, 15) is 22.0 Å². The van der Waals surface area contributed by atoms with E-state index in [1.807, 2.05) is 18.2 Å². The molecule has 1 aliphatic heterocycles. The minimum atomic E-state index is -4.30. The van der Waals surface area contributed by atoms with Crippen molar-refractivity contribution in [3.63, 3.8) is 0 Å². The molecule has 0 aliphatic carbocycles. The maximum atomic E-state index is 13.9. The van der Waals surface area contributed by atoms with Gasteiger partial charge in [0, 0.05) is 26.2 Å².